The first-order chi connectivity index (χ1) is 8.60. The smallest absolute Gasteiger partial charge is 0.255 e. The summed E-state index contributed by atoms with van der Waals surface area (Å²) in [4.78, 5) is 18.6. The van der Waals surface area contributed by atoms with Gasteiger partial charge in [-0.3, -0.25) is 9.78 Å². The summed E-state index contributed by atoms with van der Waals surface area (Å²) in [6, 6.07) is 3.66. The van der Waals surface area contributed by atoms with Gasteiger partial charge in [0.2, 0.25) is 0 Å². The lowest BCUT2D eigenvalue weighted by atomic mass is 9.85. The molecule has 3 heterocycles. The number of carbonyl (C=O) groups is 1. The van der Waals surface area contributed by atoms with Gasteiger partial charge in [-0.15, -0.1) is 0 Å². The molecule has 96 valence electrons. The van der Waals surface area contributed by atoms with Crippen molar-refractivity contribution in [3.63, 3.8) is 0 Å². The zero-order chi connectivity index (χ0) is 12.8. The number of hydrogen-bond donors (Lipinski definition) is 1. The number of nitrogens with one attached hydrogen (secondary N) is 1. The maximum absolute atomic E-state index is 12.6. The molecule has 18 heavy (non-hydrogen) atoms. The molecule has 0 radical (unpaired) electrons. The Morgan fingerprint density at radius 1 is 1.50 bits per heavy atom. The fourth-order valence-corrected chi connectivity index (χ4v) is 3.41. The number of amides is 1. The van der Waals surface area contributed by atoms with Crippen LogP contribution in [0.3, 0.4) is 0 Å². The number of likely N-dealkylation sites (tertiary alicyclic amines) is 1. The van der Waals surface area contributed by atoms with E-state index in [2.05, 4.69) is 24.1 Å². The van der Waals surface area contributed by atoms with Gasteiger partial charge in [-0.25, -0.2) is 0 Å². The van der Waals surface area contributed by atoms with Crippen molar-refractivity contribution in [2.75, 3.05) is 19.6 Å². The summed E-state index contributed by atoms with van der Waals surface area (Å²) in [6.45, 7) is 7.27. The van der Waals surface area contributed by atoms with E-state index in [1.54, 1.807) is 12.4 Å². The van der Waals surface area contributed by atoms with E-state index < -0.39 is 0 Å². The van der Waals surface area contributed by atoms with Crippen LogP contribution in [0, 0.1) is 11.8 Å². The number of pyridine rings is 1. The van der Waals surface area contributed by atoms with E-state index in [1.807, 2.05) is 17.0 Å². The Balaban J connectivity index is 1.87. The maximum Gasteiger partial charge on any atom is 0.255 e. The minimum atomic E-state index is -0.0684. The van der Waals surface area contributed by atoms with Crippen LogP contribution in [0.25, 0.3) is 0 Å². The quantitative estimate of drug-likeness (QED) is 0.807. The Morgan fingerprint density at radius 3 is 3.00 bits per heavy atom. The molecule has 0 saturated carbocycles. The molecule has 2 aliphatic heterocycles. The summed E-state index contributed by atoms with van der Waals surface area (Å²) in [6.07, 6.45) is 3.36. The van der Waals surface area contributed by atoms with Crippen LogP contribution < -0.4 is 5.32 Å². The first-order valence-corrected chi connectivity index (χ1v) is 6.53. The van der Waals surface area contributed by atoms with Crippen LogP contribution >= 0.6 is 0 Å². The van der Waals surface area contributed by atoms with Gasteiger partial charge in [0.05, 0.1) is 5.56 Å². The van der Waals surface area contributed by atoms with Crippen molar-refractivity contribution in [2.24, 2.45) is 11.8 Å². The average molecular weight is 245 g/mol. The highest BCUT2D eigenvalue weighted by molar-refractivity contribution is 5.94. The number of hydrogen-bond acceptors (Lipinski definition) is 3. The van der Waals surface area contributed by atoms with Gasteiger partial charge in [0.25, 0.3) is 5.91 Å². The van der Waals surface area contributed by atoms with Crippen molar-refractivity contribution in [2.45, 2.75) is 19.4 Å². The molecule has 2 unspecified atom stereocenters. The molecule has 4 nitrogen and oxygen atoms in total. The normalized spacial score (nSPS) is 29.3. The summed E-state index contributed by atoms with van der Waals surface area (Å²) in [5.41, 5.74) is 0.625. The van der Waals surface area contributed by atoms with E-state index in [1.165, 1.54) is 0 Å². The van der Waals surface area contributed by atoms with E-state index >= 15 is 0 Å². The molecular weight excluding hydrogens is 226 g/mol. The summed E-state index contributed by atoms with van der Waals surface area (Å²) in [5.74, 6) is 1.28. The predicted octanol–water partition coefficient (Wildman–Crippen LogP) is 1.15. The summed E-state index contributed by atoms with van der Waals surface area (Å²) < 4.78 is 0. The molecule has 1 N–H and O–H groups in total. The fourth-order valence-electron chi connectivity index (χ4n) is 3.41. The van der Waals surface area contributed by atoms with E-state index in [9.17, 15) is 4.79 Å². The molecule has 2 fully saturated rings. The number of aromatic nitrogens is 1. The molecule has 1 aromatic heterocycles. The summed E-state index contributed by atoms with van der Waals surface area (Å²) in [5, 5.41) is 3.43. The Bertz CT molecular complexity index is 457. The highest BCUT2D eigenvalue weighted by atomic mass is 16.2. The summed E-state index contributed by atoms with van der Waals surface area (Å²) >= 11 is 0. The van der Waals surface area contributed by atoms with Gasteiger partial charge in [0.15, 0.2) is 0 Å². The number of carbonyl (C=O) groups excluding carboxylic acids is 1. The molecule has 2 saturated heterocycles. The molecule has 3 rings (SSSR count). The second-order valence-corrected chi connectivity index (χ2v) is 5.84. The number of rotatable bonds is 1. The highest BCUT2D eigenvalue weighted by Gasteiger charge is 2.51. The van der Waals surface area contributed by atoms with Crippen molar-refractivity contribution in [1.29, 1.82) is 0 Å². The number of nitrogens with zero attached hydrogens (tertiary/aromatic N) is 2. The Labute approximate surface area is 107 Å². The predicted molar refractivity (Wildman–Crippen MR) is 69.2 cm³/mol. The van der Waals surface area contributed by atoms with Gasteiger partial charge in [-0.2, -0.15) is 0 Å². The molecule has 2 atom stereocenters. The molecule has 1 amide bonds. The minimum absolute atomic E-state index is 0.0684. The van der Waals surface area contributed by atoms with E-state index in [0.717, 1.165) is 19.6 Å². The first kappa shape index (κ1) is 11.7. The topological polar surface area (TPSA) is 45.2 Å². The molecule has 0 aromatic carbocycles. The van der Waals surface area contributed by atoms with Crippen molar-refractivity contribution in [3.05, 3.63) is 30.1 Å². The van der Waals surface area contributed by atoms with E-state index in [4.69, 9.17) is 0 Å². The Morgan fingerprint density at radius 2 is 2.33 bits per heavy atom. The maximum atomic E-state index is 12.6. The highest BCUT2D eigenvalue weighted by Crippen LogP contribution is 2.41. The Hall–Kier alpha value is -1.42. The molecule has 0 aliphatic carbocycles. The third-order valence-corrected chi connectivity index (χ3v) is 4.51. The van der Waals surface area contributed by atoms with Crippen LogP contribution in [0.4, 0.5) is 0 Å². The van der Waals surface area contributed by atoms with Crippen molar-refractivity contribution >= 4 is 5.91 Å². The van der Waals surface area contributed by atoms with Crippen molar-refractivity contribution < 1.29 is 4.79 Å². The lowest BCUT2D eigenvalue weighted by Gasteiger charge is -2.35. The van der Waals surface area contributed by atoms with E-state index in [-0.39, 0.29) is 11.4 Å². The van der Waals surface area contributed by atoms with Crippen LogP contribution in [0.15, 0.2) is 24.5 Å². The second-order valence-electron chi connectivity index (χ2n) is 5.84. The van der Waals surface area contributed by atoms with Crippen LogP contribution in [0.1, 0.15) is 24.2 Å². The molecule has 1 aromatic rings. The van der Waals surface area contributed by atoms with Gasteiger partial charge in [0, 0.05) is 37.6 Å². The zero-order valence-electron chi connectivity index (χ0n) is 10.9. The van der Waals surface area contributed by atoms with Gasteiger partial charge in [0.1, 0.15) is 0 Å². The first-order valence-electron chi connectivity index (χ1n) is 6.53. The molecule has 2 aliphatic rings. The largest absolute Gasteiger partial charge is 0.333 e. The molecular formula is C14H19N3O. The second kappa shape index (κ2) is 4.05. The third-order valence-electron chi connectivity index (χ3n) is 4.51. The fraction of sp³-hybridized carbons (Fsp3) is 0.571. The van der Waals surface area contributed by atoms with Gasteiger partial charge in [-0.1, -0.05) is 0 Å². The average Bonchev–Trinajstić information content (AvgIpc) is 2.92. The minimum Gasteiger partial charge on any atom is -0.333 e. The van der Waals surface area contributed by atoms with E-state index in [0.29, 0.717) is 17.4 Å². The molecule has 0 bridgehead atoms. The summed E-state index contributed by atoms with van der Waals surface area (Å²) in [7, 11) is 0. The van der Waals surface area contributed by atoms with Gasteiger partial charge < -0.3 is 10.2 Å². The number of fused-ring (bicyclic) bond motifs is 1. The van der Waals surface area contributed by atoms with Gasteiger partial charge >= 0.3 is 0 Å². The zero-order valence-corrected chi connectivity index (χ0v) is 10.9. The monoisotopic (exact) mass is 245 g/mol. The van der Waals surface area contributed by atoms with Crippen LogP contribution in [0.5, 0.6) is 0 Å². The third kappa shape index (κ3) is 1.63. The SMILES string of the molecule is CC1(C)C2CNCC2CN1C(=O)c1cccnc1. The van der Waals surface area contributed by atoms with Crippen molar-refractivity contribution in [3.8, 4) is 0 Å². The molecule has 0 spiro atoms. The lowest BCUT2D eigenvalue weighted by molar-refractivity contribution is 0.0603. The van der Waals surface area contributed by atoms with Crippen LogP contribution in [0.2, 0.25) is 0 Å². The van der Waals surface area contributed by atoms with Crippen LogP contribution in [-0.4, -0.2) is 41.0 Å². The standard InChI is InChI=1S/C14H19N3O/c1-14(2)12-8-16-7-11(12)9-17(14)13(18)10-4-3-5-15-6-10/h3-6,11-12,16H,7-9H2,1-2H3. The van der Waals surface area contributed by atoms with Gasteiger partial charge in [-0.05, 0) is 37.8 Å². The lowest BCUT2D eigenvalue weighted by Crippen LogP contribution is -2.47. The van der Waals surface area contributed by atoms with Crippen molar-refractivity contribution in [1.82, 2.24) is 15.2 Å². The van der Waals surface area contributed by atoms with Crippen LogP contribution in [-0.2, 0) is 0 Å². The molecule has 4 heteroatoms. The Kier molecular flexibility index (Phi) is 2.63.